The Morgan fingerprint density at radius 1 is 0.935 bits per heavy atom. The van der Waals surface area contributed by atoms with Crippen molar-refractivity contribution in [3.05, 3.63) is 58.7 Å². The average Bonchev–Trinajstić information content (AvgIpc) is 2.71. The van der Waals surface area contributed by atoms with Crippen molar-refractivity contribution < 1.29 is 13.2 Å². The number of nitrogens with zero attached hydrogens (tertiary/aromatic N) is 3. The molecule has 1 atom stereocenters. The Labute approximate surface area is 186 Å². The highest BCUT2D eigenvalue weighted by Crippen LogP contribution is 2.26. The number of benzene rings is 2. The average molecular weight is 444 g/mol. The van der Waals surface area contributed by atoms with Gasteiger partial charge in [0.25, 0.3) is 0 Å². The summed E-state index contributed by atoms with van der Waals surface area (Å²) in [5.74, 6) is -0.163. The molecule has 0 aliphatic carbocycles. The molecular weight excluding hydrogens is 410 g/mol. The van der Waals surface area contributed by atoms with Crippen molar-refractivity contribution in [3.8, 4) is 0 Å². The minimum absolute atomic E-state index is 0.163. The van der Waals surface area contributed by atoms with E-state index in [1.165, 1.54) is 21.1 Å². The van der Waals surface area contributed by atoms with Crippen LogP contribution < -0.4 is 9.21 Å². The van der Waals surface area contributed by atoms with Crippen molar-refractivity contribution in [1.29, 1.82) is 0 Å². The number of carbonyl (C=O) groups excluding carboxylic acids is 1. The first kappa shape index (κ1) is 23.1. The predicted octanol–water partition coefficient (Wildman–Crippen LogP) is 3.42. The van der Waals surface area contributed by atoms with E-state index in [1.54, 1.807) is 17.9 Å². The van der Waals surface area contributed by atoms with Crippen LogP contribution in [0.2, 0.25) is 0 Å². The van der Waals surface area contributed by atoms with E-state index in [9.17, 15) is 13.2 Å². The van der Waals surface area contributed by atoms with Gasteiger partial charge in [-0.05, 0) is 75.1 Å². The van der Waals surface area contributed by atoms with E-state index in [4.69, 9.17) is 0 Å². The number of aryl methyl sites for hydroxylation is 3. The first-order chi connectivity index (χ1) is 14.5. The van der Waals surface area contributed by atoms with Crippen molar-refractivity contribution in [3.63, 3.8) is 0 Å². The molecule has 1 aliphatic rings. The van der Waals surface area contributed by atoms with E-state index >= 15 is 0 Å². The number of rotatable bonds is 5. The summed E-state index contributed by atoms with van der Waals surface area (Å²) in [5.41, 5.74) is 6.32. The van der Waals surface area contributed by atoms with Gasteiger partial charge in [-0.3, -0.25) is 9.10 Å². The second-order valence-electron chi connectivity index (χ2n) is 8.53. The normalized spacial score (nSPS) is 15.7. The molecule has 7 heteroatoms. The minimum Gasteiger partial charge on any atom is -0.368 e. The summed E-state index contributed by atoms with van der Waals surface area (Å²) in [6.07, 6.45) is 1.16. The van der Waals surface area contributed by atoms with Crippen LogP contribution in [-0.4, -0.2) is 57.7 Å². The van der Waals surface area contributed by atoms with Gasteiger partial charge >= 0.3 is 0 Å². The number of hydrogen-bond donors (Lipinski definition) is 0. The molecule has 2 aromatic carbocycles. The fraction of sp³-hybridized carbons (Fsp3) is 0.458. The number of hydrogen-bond acceptors (Lipinski definition) is 4. The number of amides is 1. The van der Waals surface area contributed by atoms with Gasteiger partial charge in [0.05, 0.1) is 11.9 Å². The van der Waals surface area contributed by atoms with Gasteiger partial charge in [0.1, 0.15) is 6.04 Å². The number of sulfonamides is 1. The molecule has 0 spiro atoms. The van der Waals surface area contributed by atoms with Crippen LogP contribution in [0.4, 0.5) is 11.4 Å². The smallest absolute Gasteiger partial charge is 0.246 e. The van der Waals surface area contributed by atoms with E-state index in [2.05, 4.69) is 36.9 Å². The van der Waals surface area contributed by atoms with Crippen LogP contribution in [0.15, 0.2) is 36.4 Å². The van der Waals surface area contributed by atoms with Crippen molar-refractivity contribution in [1.82, 2.24) is 4.90 Å². The third kappa shape index (κ3) is 4.87. The maximum absolute atomic E-state index is 13.3. The Bertz CT molecular complexity index is 1070. The maximum atomic E-state index is 13.3. The fourth-order valence-corrected chi connectivity index (χ4v) is 5.34. The molecule has 3 rings (SSSR count). The number of carbonyl (C=O) groups is 1. The largest absolute Gasteiger partial charge is 0.368 e. The van der Waals surface area contributed by atoms with Crippen LogP contribution in [0.3, 0.4) is 0 Å². The fourth-order valence-electron chi connectivity index (χ4n) is 4.18. The summed E-state index contributed by atoms with van der Waals surface area (Å²) in [4.78, 5) is 17.4. The van der Waals surface area contributed by atoms with E-state index in [0.29, 0.717) is 18.8 Å². The van der Waals surface area contributed by atoms with Gasteiger partial charge in [-0.2, -0.15) is 0 Å². The van der Waals surface area contributed by atoms with Gasteiger partial charge < -0.3 is 9.80 Å². The molecule has 1 amide bonds. The molecule has 1 saturated heterocycles. The molecule has 6 nitrogen and oxygen atoms in total. The van der Waals surface area contributed by atoms with Gasteiger partial charge in [-0.1, -0.05) is 18.2 Å². The molecule has 0 bridgehead atoms. The third-order valence-electron chi connectivity index (χ3n) is 6.32. The summed E-state index contributed by atoms with van der Waals surface area (Å²) < 4.78 is 26.5. The lowest BCUT2D eigenvalue weighted by atomic mass is 10.1. The molecule has 1 aliphatic heterocycles. The molecule has 0 saturated carbocycles. The Hall–Kier alpha value is -2.54. The second-order valence-corrected chi connectivity index (χ2v) is 10.4. The quantitative estimate of drug-likeness (QED) is 0.710. The summed E-state index contributed by atoms with van der Waals surface area (Å²) in [5, 5.41) is 0. The lowest BCUT2D eigenvalue weighted by Gasteiger charge is -2.39. The molecule has 168 valence electrons. The van der Waals surface area contributed by atoms with Crippen LogP contribution in [-0.2, 0) is 14.8 Å². The third-order valence-corrected chi connectivity index (χ3v) is 7.56. The molecule has 1 heterocycles. The number of anilines is 2. The first-order valence-corrected chi connectivity index (χ1v) is 12.5. The van der Waals surface area contributed by atoms with Crippen molar-refractivity contribution in [2.24, 2.45) is 0 Å². The van der Waals surface area contributed by atoms with Crippen LogP contribution in [0.5, 0.6) is 0 Å². The van der Waals surface area contributed by atoms with Crippen molar-refractivity contribution >= 4 is 27.3 Å². The van der Waals surface area contributed by atoms with E-state index in [1.807, 2.05) is 26.0 Å². The van der Waals surface area contributed by atoms with Crippen LogP contribution in [0.1, 0.15) is 29.2 Å². The molecule has 2 aromatic rings. The zero-order chi connectivity index (χ0) is 22.9. The van der Waals surface area contributed by atoms with Gasteiger partial charge in [-0.25, -0.2) is 8.42 Å². The van der Waals surface area contributed by atoms with Crippen LogP contribution in [0.25, 0.3) is 0 Å². The number of piperazine rings is 1. The zero-order valence-electron chi connectivity index (χ0n) is 19.3. The minimum atomic E-state index is -3.62. The van der Waals surface area contributed by atoms with Crippen molar-refractivity contribution in [2.45, 2.75) is 40.7 Å². The topological polar surface area (TPSA) is 60.9 Å². The van der Waals surface area contributed by atoms with Crippen LogP contribution in [0, 0.1) is 27.7 Å². The Morgan fingerprint density at radius 3 is 2.16 bits per heavy atom. The van der Waals surface area contributed by atoms with Crippen molar-refractivity contribution in [2.75, 3.05) is 41.6 Å². The van der Waals surface area contributed by atoms with Gasteiger partial charge in [-0.15, -0.1) is 0 Å². The highest BCUT2D eigenvalue weighted by Gasteiger charge is 2.33. The molecule has 31 heavy (non-hydrogen) atoms. The highest BCUT2D eigenvalue weighted by atomic mass is 32.2. The summed E-state index contributed by atoms with van der Waals surface area (Å²) in [6.45, 7) is 12.4. The monoisotopic (exact) mass is 443 g/mol. The SMILES string of the molecule is Cc1ccc(N([C@H](C)C(=O)N2CCN(c3cccc(C)c3C)CC2)S(C)(=O)=O)cc1C. The van der Waals surface area contributed by atoms with E-state index in [0.717, 1.165) is 30.5 Å². The molecule has 1 fully saturated rings. The second kappa shape index (κ2) is 8.91. The Kier molecular flexibility index (Phi) is 6.65. The lowest BCUT2D eigenvalue weighted by molar-refractivity contribution is -0.132. The maximum Gasteiger partial charge on any atom is 0.246 e. The predicted molar refractivity (Wildman–Crippen MR) is 127 cm³/mol. The molecule has 0 aromatic heterocycles. The first-order valence-electron chi connectivity index (χ1n) is 10.7. The van der Waals surface area contributed by atoms with Gasteiger partial charge in [0, 0.05) is 31.9 Å². The zero-order valence-corrected chi connectivity index (χ0v) is 20.2. The molecule has 0 N–H and O–H groups in total. The molecular formula is C24H33N3O3S. The highest BCUT2D eigenvalue weighted by molar-refractivity contribution is 7.92. The summed E-state index contributed by atoms with van der Waals surface area (Å²) in [7, 11) is -3.62. The Morgan fingerprint density at radius 2 is 1.58 bits per heavy atom. The van der Waals surface area contributed by atoms with Gasteiger partial charge in [0.15, 0.2) is 0 Å². The van der Waals surface area contributed by atoms with Gasteiger partial charge in [0.2, 0.25) is 15.9 Å². The summed E-state index contributed by atoms with van der Waals surface area (Å²) >= 11 is 0. The summed E-state index contributed by atoms with van der Waals surface area (Å²) in [6, 6.07) is 11.0. The Balaban J connectivity index is 1.77. The molecule has 0 unspecified atom stereocenters. The van der Waals surface area contributed by atoms with E-state index < -0.39 is 16.1 Å². The lowest BCUT2D eigenvalue weighted by Crippen LogP contribution is -2.55. The van der Waals surface area contributed by atoms with E-state index in [-0.39, 0.29) is 5.91 Å². The van der Waals surface area contributed by atoms with Crippen LogP contribution >= 0.6 is 0 Å². The standard InChI is InChI=1S/C24H33N3O3S/c1-17-10-11-22(16-19(17)3)27(31(6,29)30)21(5)24(28)26-14-12-25(13-15-26)23-9-7-8-18(2)20(23)4/h7-11,16,21H,12-15H2,1-6H3/t21-/m1/s1. The molecule has 0 radical (unpaired) electrons.